The molecule has 5 nitrogen and oxygen atoms in total. The van der Waals surface area contributed by atoms with Crippen LogP contribution in [0.25, 0.3) is 0 Å². The van der Waals surface area contributed by atoms with Crippen LogP contribution in [0.2, 0.25) is 10.0 Å². The maximum Gasteiger partial charge on any atom is 0.238 e. The molecule has 2 aliphatic heterocycles. The lowest BCUT2D eigenvalue weighted by molar-refractivity contribution is -0.124. The molecule has 202 valence electrons. The van der Waals surface area contributed by atoms with Crippen molar-refractivity contribution >= 4 is 40.7 Å². The lowest BCUT2D eigenvalue weighted by Crippen LogP contribution is -2.59. The zero-order chi connectivity index (χ0) is 26.5. The molecule has 0 radical (unpaired) electrons. The maximum absolute atomic E-state index is 15.9. The number of carbonyl (C=O) groups is 2. The molecule has 6 rings (SSSR count). The lowest BCUT2D eigenvalue weighted by Gasteiger charge is -2.44. The van der Waals surface area contributed by atoms with Crippen molar-refractivity contribution in [2.45, 2.75) is 99.6 Å². The second kappa shape index (κ2) is 10.1. The van der Waals surface area contributed by atoms with E-state index >= 15 is 4.39 Å². The smallest absolute Gasteiger partial charge is 0.238 e. The van der Waals surface area contributed by atoms with Gasteiger partial charge in [0, 0.05) is 28.2 Å². The van der Waals surface area contributed by atoms with Gasteiger partial charge in [-0.3, -0.25) is 14.9 Å². The number of fused-ring (bicyclic) bond motifs is 3. The molecule has 38 heavy (non-hydrogen) atoms. The molecule has 3 atom stereocenters. The molecule has 1 saturated heterocycles. The first-order valence-corrected chi connectivity index (χ1v) is 14.8. The van der Waals surface area contributed by atoms with Crippen LogP contribution in [-0.4, -0.2) is 29.4 Å². The van der Waals surface area contributed by atoms with E-state index < -0.39 is 28.7 Å². The third-order valence-corrected chi connectivity index (χ3v) is 10.0. The Balaban J connectivity index is 1.57. The largest absolute Gasteiger partial charge is 0.352 e. The minimum absolute atomic E-state index is 0.0133. The second-order valence-electron chi connectivity index (χ2n) is 11.5. The highest BCUT2D eigenvalue weighted by molar-refractivity contribution is 6.31. The van der Waals surface area contributed by atoms with Gasteiger partial charge in [0.05, 0.1) is 11.1 Å². The summed E-state index contributed by atoms with van der Waals surface area (Å²) >= 11 is 12.7. The van der Waals surface area contributed by atoms with E-state index in [-0.39, 0.29) is 22.9 Å². The van der Waals surface area contributed by atoms with Crippen molar-refractivity contribution in [2.24, 2.45) is 0 Å². The maximum atomic E-state index is 15.9. The van der Waals surface area contributed by atoms with Crippen LogP contribution in [-0.2, 0) is 15.0 Å². The van der Waals surface area contributed by atoms with Gasteiger partial charge in [0.15, 0.2) is 0 Å². The Morgan fingerprint density at radius 2 is 1.68 bits per heavy atom. The van der Waals surface area contributed by atoms with E-state index in [1.54, 1.807) is 24.3 Å². The monoisotopic (exact) mass is 557 g/mol. The van der Waals surface area contributed by atoms with Crippen LogP contribution in [0.4, 0.5) is 10.1 Å². The minimum Gasteiger partial charge on any atom is -0.352 e. The standard InChI is InChI=1S/C30H34Cl2FN3O2/c31-18-13-14-21-23(17-18)35-28(38)30(21)24(20-11-8-12-22(32)25(20)33)26(27(37)34-19-9-4-3-5-10-19)36-29(30)15-6-1-2-7-16-29/h8,11-14,17,19,24,26,36H,1-7,9-10,15-16H2,(H,34,37)(H,35,38). The normalized spacial score (nSPS) is 28.8. The van der Waals surface area contributed by atoms with E-state index in [1.807, 2.05) is 6.07 Å². The van der Waals surface area contributed by atoms with Gasteiger partial charge in [-0.05, 0) is 55.0 Å². The topological polar surface area (TPSA) is 70.2 Å². The summed E-state index contributed by atoms with van der Waals surface area (Å²) in [6.45, 7) is 0. The summed E-state index contributed by atoms with van der Waals surface area (Å²) in [5.74, 6) is -1.74. The second-order valence-corrected chi connectivity index (χ2v) is 12.4. The average molecular weight is 559 g/mol. The van der Waals surface area contributed by atoms with E-state index in [2.05, 4.69) is 16.0 Å². The molecule has 2 aliphatic carbocycles. The summed E-state index contributed by atoms with van der Waals surface area (Å²) in [6, 6.07) is 9.63. The molecule has 2 spiro atoms. The van der Waals surface area contributed by atoms with E-state index in [1.165, 1.54) is 12.5 Å². The number of carbonyl (C=O) groups excluding carboxylic acids is 2. The Labute approximate surface area is 233 Å². The summed E-state index contributed by atoms with van der Waals surface area (Å²) in [4.78, 5) is 28.5. The zero-order valence-electron chi connectivity index (χ0n) is 21.4. The van der Waals surface area contributed by atoms with Crippen LogP contribution in [0.5, 0.6) is 0 Å². The van der Waals surface area contributed by atoms with Crippen LogP contribution in [0.1, 0.15) is 87.7 Å². The number of nitrogens with one attached hydrogen (secondary N) is 3. The van der Waals surface area contributed by atoms with Crippen LogP contribution >= 0.6 is 23.2 Å². The number of hydrogen-bond donors (Lipinski definition) is 3. The first-order chi connectivity index (χ1) is 18.4. The van der Waals surface area contributed by atoms with Crippen LogP contribution in [0.15, 0.2) is 36.4 Å². The van der Waals surface area contributed by atoms with Crippen molar-refractivity contribution in [3.8, 4) is 0 Å². The Hall–Kier alpha value is -2.15. The molecule has 2 heterocycles. The third kappa shape index (κ3) is 3.98. The van der Waals surface area contributed by atoms with Crippen molar-refractivity contribution in [1.29, 1.82) is 0 Å². The van der Waals surface area contributed by atoms with Crippen molar-refractivity contribution in [3.63, 3.8) is 0 Å². The van der Waals surface area contributed by atoms with Gasteiger partial charge in [-0.25, -0.2) is 4.39 Å². The molecule has 3 unspecified atom stereocenters. The van der Waals surface area contributed by atoms with Gasteiger partial charge in [-0.15, -0.1) is 0 Å². The minimum atomic E-state index is -1.20. The first-order valence-electron chi connectivity index (χ1n) is 14.0. The molecule has 2 aromatic carbocycles. The van der Waals surface area contributed by atoms with Crippen LogP contribution in [0.3, 0.4) is 0 Å². The van der Waals surface area contributed by atoms with Gasteiger partial charge in [0.25, 0.3) is 0 Å². The number of hydrogen-bond acceptors (Lipinski definition) is 3. The van der Waals surface area contributed by atoms with Crippen molar-refractivity contribution < 1.29 is 14.0 Å². The highest BCUT2D eigenvalue weighted by Gasteiger charge is 2.72. The highest BCUT2D eigenvalue weighted by Crippen LogP contribution is 2.62. The number of rotatable bonds is 3. The Kier molecular flexibility index (Phi) is 6.94. The quantitative estimate of drug-likeness (QED) is 0.397. The predicted octanol–water partition coefficient (Wildman–Crippen LogP) is 6.62. The summed E-state index contributed by atoms with van der Waals surface area (Å²) in [7, 11) is 0. The fraction of sp³-hybridized carbons (Fsp3) is 0.533. The molecule has 0 aromatic heterocycles. The molecule has 2 amide bonds. The summed E-state index contributed by atoms with van der Waals surface area (Å²) in [6.07, 6.45) is 10.6. The fourth-order valence-corrected chi connectivity index (χ4v) is 8.29. The number of anilines is 1. The lowest BCUT2D eigenvalue weighted by atomic mass is 9.57. The molecule has 3 fully saturated rings. The molecule has 2 aromatic rings. The molecular weight excluding hydrogens is 524 g/mol. The van der Waals surface area contributed by atoms with Gasteiger partial charge in [-0.2, -0.15) is 0 Å². The highest BCUT2D eigenvalue weighted by atomic mass is 35.5. The van der Waals surface area contributed by atoms with Gasteiger partial charge in [0.1, 0.15) is 11.2 Å². The Morgan fingerprint density at radius 1 is 0.974 bits per heavy atom. The molecule has 0 bridgehead atoms. The third-order valence-electron chi connectivity index (χ3n) is 9.51. The Bertz CT molecular complexity index is 1260. The van der Waals surface area contributed by atoms with E-state index in [4.69, 9.17) is 23.2 Å². The van der Waals surface area contributed by atoms with Crippen LogP contribution in [0, 0.1) is 5.82 Å². The molecule has 4 aliphatic rings. The van der Waals surface area contributed by atoms with Crippen molar-refractivity contribution in [2.75, 3.05) is 5.32 Å². The van der Waals surface area contributed by atoms with E-state index in [0.29, 0.717) is 29.1 Å². The van der Waals surface area contributed by atoms with Gasteiger partial charge >= 0.3 is 0 Å². The fourth-order valence-electron chi connectivity index (χ4n) is 7.93. The number of benzene rings is 2. The zero-order valence-corrected chi connectivity index (χ0v) is 22.9. The van der Waals surface area contributed by atoms with Crippen molar-refractivity contribution in [1.82, 2.24) is 10.6 Å². The summed E-state index contributed by atoms with van der Waals surface area (Å²) in [5, 5.41) is 10.6. The molecule has 8 heteroatoms. The van der Waals surface area contributed by atoms with Crippen molar-refractivity contribution in [3.05, 3.63) is 63.4 Å². The summed E-state index contributed by atoms with van der Waals surface area (Å²) < 4.78 is 15.9. The predicted molar refractivity (Wildman–Crippen MR) is 148 cm³/mol. The molecule has 3 N–H and O–H groups in total. The SMILES string of the molecule is O=C(NC1CCCCC1)C1NC2(CCCCCC2)C2(C(=O)Nc3cc(Cl)ccc32)C1c1cccc(Cl)c1F. The van der Waals surface area contributed by atoms with Gasteiger partial charge in [-0.1, -0.05) is 86.3 Å². The van der Waals surface area contributed by atoms with Crippen LogP contribution < -0.4 is 16.0 Å². The number of halogens is 3. The molecular formula is C30H34Cl2FN3O2. The molecule has 2 saturated carbocycles. The summed E-state index contributed by atoms with van der Waals surface area (Å²) in [5.41, 5.74) is -0.210. The average Bonchev–Trinajstić information content (AvgIpc) is 3.22. The van der Waals surface area contributed by atoms with Gasteiger partial charge in [0.2, 0.25) is 11.8 Å². The van der Waals surface area contributed by atoms with E-state index in [0.717, 1.165) is 56.9 Å². The first kappa shape index (κ1) is 26.1. The number of amides is 2. The van der Waals surface area contributed by atoms with E-state index in [9.17, 15) is 9.59 Å². The Morgan fingerprint density at radius 3 is 2.42 bits per heavy atom. The van der Waals surface area contributed by atoms with Gasteiger partial charge < -0.3 is 10.6 Å².